The van der Waals surface area contributed by atoms with Gasteiger partial charge in [-0.05, 0) is 30.7 Å². The van der Waals surface area contributed by atoms with Gasteiger partial charge < -0.3 is 20.9 Å². The standard InChI is InChI=1S/C14H21N3O2S/c1-9-8-17(7-6-11(9)18)10-4-3-5-12(20-2)13(10)14(15)16-19/h3-5,9,11,18-19H,6-8H2,1-2H3,(H2,15,16). The van der Waals surface area contributed by atoms with Gasteiger partial charge in [0.25, 0.3) is 0 Å². The molecule has 2 rings (SSSR count). The van der Waals surface area contributed by atoms with Crippen molar-refractivity contribution in [2.75, 3.05) is 24.2 Å². The van der Waals surface area contributed by atoms with Gasteiger partial charge >= 0.3 is 0 Å². The van der Waals surface area contributed by atoms with Gasteiger partial charge in [0.05, 0.1) is 11.7 Å². The van der Waals surface area contributed by atoms with Crippen LogP contribution in [0.5, 0.6) is 0 Å². The summed E-state index contributed by atoms with van der Waals surface area (Å²) in [7, 11) is 0. The first-order valence-corrected chi connectivity index (χ1v) is 7.88. The van der Waals surface area contributed by atoms with Crippen LogP contribution in [0, 0.1) is 5.92 Å². The van der Waals surface area contributed by atoms with Crippen molar-refractivity contribution in [1.29, 1.82) is 0 Å². The lowest BCUT2D eigenvalue weighted by molar-refractivity contribution is 0.0971. The second-order valence-electron chi connectivity index (χ2n) is 5.12. The van der Waals surface area contributed by atoms with Crippen LogP contribution in [0.1, 0.15) is 18.9 Å². The smallest absolute Gasteiger partial charge is 0.173 e. The van der Waals surface area contributed by atoms with Gasteiger partial charge in [0.15, 0.2) is 5.84 Å². The van der Waals surface area contributed by atoms with Gasteiger partial charge in [-0.3, -0.25) is 0 Å². The van der Waals surface area contributed by atoms with E-state index in [9.17, 15) is 5.11 Å². The number of aliphatic hydroxyl groups excluding tert-OH is 1. The number of aliphatic hydroxyl groups is 1. The molecule has 1 aromatic rings. The van der Waals surface area contributed by atoms with Gasteiger partial charge in [0.2, 0.25) is 0 Å². The molecule has 20 heavy (non-hydrogen) atoms. The lowest BCUT2D eigenvalue weighted by Crippen LogP contribution is -2.42. The predicted octanol–water partition coefficient (Wildman–Crippen LogP) is 1.71. The van der Waals surface area contributed by atoms with Crippen molar-refractivity contribution in [3.63, 3.8) is 0 Å². The number of thioether (sulfide) groups is 1. The summed E-state index contributed by atoms with van der Waals surface area (Å²) in [6.45, 7) is 3.58. The highest BCUT2D eigenvalue weighted by molar-refractivity contribution is 7.98. The molecule has 0 aromatic heterocycles. The molecule has 0 saturated carbocycles. The van der Waals surface area contributed by atoms with E-state index in [1.165, 1.54) is 0 Å². The lowest BCUT2D eigenvalue weighted by atomic mass is 9.95. The van der Waals surface area contributed by atoms with Crippen LogP contribution in [0.4, 0.5) is 5.69 Å². The van der Waals surface area contributed by atoms with Gasteiger partial charge in [-0.15, -0.1) is 11.8 Å². The summed E-state index contributed by atoms with van der Waals surface area (Å²) < 4.78 is 0. The maximum Gasteiger partial charge on any atom is 0.173 e. The molecule has 4 N–H and O–H groups in total. The minimum Gasteiger partial charge on any atom is -0.409 e. The minimum atomic E-state index is -0.248. The summed E-state index contributed by atoms with van der Waals surface area (Å²) in [5.41, 5.74) is 7.58. The Labute approximate surface area is 123 Å². The Hall–Kier alpha value is -1.40. The topological polar surface area (TPSA) is 82.1 Å². The Balaban J connectivity index is 2.41. The van der Waals surface area contributed by atoms with E-state index in [1.807, 2.05) is 31.4 Å². The average molecular weight is 295 g/mol. The molecule has 5 nitrogen and oxygen atoms in total. The van der Waals surface area contributed by atoms with Crippen molar-refractivity contribution in [3.05, 3.63) is 23.8 Å². The summed E-state index contributed by atoms with van der Waals surface area (Å²) in [6, 6.07) is 5.92. The van der Waals surface area contributed by atoms with Crippen LogP contribution in [-0.4, -0.2) is 41.6 Å². The van der Waals surface area contributed by atoms with E-state index in [1.54, 1.807) is 11.8 Å². The van der Waals surface area contributed by atoms with Crippen molar-refractivity contribution >= 4 is 23.3 Å². The molecule has 2 unspecified atom stereocenters. The third-order valence-corrected chi connectivity index (χ3v) is 4.57. The van der Waals surface area contributed by atoms with Crippen molar-refractivity contribution < 1.29 is 10.3 Å². The van der Waals surface area contributed by atoms with Crippen molar-refractivity contribution in [3.8, 4) is 0 Å². The highest BCUT2D eigenvalue weighted by atomic mass is 32.2. The van der Waals surface area contributed by atoms with Crippen LogP contribution in [0.25, 0.3) is 0 Å². The van der Waals surface area contributed by atoms with Crippen molar-refractivity contribution in [1.82, 2.24) is 0 Å². The summed E-state index contributed by atoms with van der Waals surface area (Å²) in [4.78, 5) is 3.18. The average Bonchev–Trinajstić information content (AvgIpc) is 2.48. The van der Waals surface area contributed by atoms with E-state index in [2.05, 4.69) is 10.1 Å². The third kappa shape index (κ3) is 2.86. The number of hydrogen-bond acceptors (Lipinski definition) is 5. The summed E-state index contributed by atoms with van der Waals surface area (Å²) in [6.07, 6.45) is 2.46. The number of nitrogens with zero attached hydrogens (tertiary/aromatic N) is 2. The zero-order chi connectivity index (χ0) is 14.7. The Bertz CT molecular complexity index is 507. The summed E-state index contributed by atoms with van der Waals surface area (Å²) in [5, 5.41) is 22.0. The molecule has 1 saturated heterocycles. The van der Waals surface area contributed by atoms with Gasteiger partial charge in [0, 0.05) is 23.7 Å². The summed E-state index contributed by atoms with van der Waals surface area (Å²) >= 11 is 1.57. The van der Waals surface area contributed by atoms with Crippen molar-refractivity contribution in [2.45, 2.75) is 24.3 Å². The highest BCUT2D eigenvalue weighted by Gasteiger charge is 2.26. The normalized spacial score (nSPS) is 23.9. The molecule has 110 valence electrons. The van der Waals surface area contributed by atoms with Crippen molar-refractivity contribution in [2.24, 2.45) is 16.8 Å². The van der Waals surface area contributed by atoms with Gasteiger partial charge in [-0.1, -0.05) is 18.1 Å². The fraction of sp³-hybridized carbons (Fsp3) is 0.500. The van der Waals surface area contributed by atoms with E-state index >= 15 is 0 Å². The molecule has 1 aromatic carbocycles. The van der Waals surface area contributed by atoms with Crippen LogP contribution in [0.3, 0.4) is 0 Å². The van der Waals surface area contributed by atoms with Crippen LogP contribution < -0.4 is 10.6 Å². The molecule has 0 amide bonds. The number of rotatable bonds is 3. The molecule has 0 aliphatic carbocycles. The van der Waals surface area contributed by atoms with E-state index < -0.39 is 0 Å². The number of oxime groups is 1. The van der Waals surface area contributed by atoms with E-state index in [0.717, 1.165) is 35.7 Å². The predicted molar refractivity (Wildman–Crippen MR) is 82.7 cm³/mol. The van der Waals surface area contributed by atoms with Gasteiger partial charge in [0.1, 0.15) is 0 Å². The number of nitrogens with two attached hydrogens (primary N) is 1. The van der Waals surface area contributed by atoms with Crippen LogP contribution in [0.15, 0.2) is 28.3 Å². The minimum absolute atomic E-state index is 0.128. The highest BCUT2D eigenvalue weighted by Crippen LogP contribution is 2.32. The number of piperidine rings is 1. The Kier molecular flexibility index (Phi) is 4.77. The molecule has 1 aliphatic heterocycles. The molecule has 0 radical (unpaired) electrons. The monoisotopic (exact) mass is 295 g/mol. The molecule has 0 bridgehead atoms. The SMILES string of the molecule is CSc1cccc(N2CCC(O)C(C)C2)c1/C(N)=N/O. The molecule has 6 heteroatoms. The molecule has 2 atom stereocenters. The van der Waals surface area contributed by atoms with E-state index in [-0.39, 0.29) is 17.9 Å². The Morgan fingerprint density at radius 2 is 2.25 bits per heavy atom. The largest absolute Gasteiger partial charge is 0.409 e. The third-order valence-electron chi connectivity index (χ3n) is 3.79. The quantitative estimate of drug-likeness (QED) is 0.260. The first-order chi connectivity index (χ1) is 9.58. The molecule has 0 spiro atoms. The molecule has 1 aliphatic rings. The number of hydrogen-bond donors (Lipinski definition) is 3. The fourth-order valence-electron chi connectivity index (χ4n) is 2.61. The first kappa shape index (κ1) is 15.0. The second kappa shape index (κ2) is 6.37. The maximum absolute atomic E-state index is 9.85. The second-order valence-corrected chi connectivity index (χ2v) is 5.97. The first-order valence-electron chi connectivity index (χ1n) is 6.66. The number of anilines is 1. The number of benzene rings is 1. The maximum atomic E-state index is 9.85. The molecular formula is C14H21N3O2S. The van der Waals surface area contributed by atoms with Gasteiger partial charge in [-0.25, -0.2) is 0 Å². The van der Waals surface area contributed by atoms with Crippen LogP contribution in [0.2, 0.25) is 0 Å². The van der Waals surface area contributed by atoms with Crippen LogP contribution >= 0.6 is 11.8 Å². The zero-order valence-electron chi connectivity index (χ0n) is 11.8. The number of amidine groups is 1. The lowest BCUT2D eigenvalue weighted by Gasteiger charge is -2.37. The van der Waals surface area contributed by atoms with Crippen LogP contribution in [-0.2, 0) is 0 Å². The van der Waals surface area contributed by atoms with E-state index in [0.29, 0.717) is 0 Å². The Morgan fingerprint density at radius 1 is 1.50 bits per heavy atom. The van der Waals surface area contributed by atoms with E-state index in [4.69, 9.17) is 10.9 Å². The van der Waals surface area contributed by atoms with Gasteiger partial charge in [-0.2, -0.15) is 0 Å². The molecule has 1 fully saturated rings. The Morgan fingerprint density at radius 3 is 2.85 bits per heavy atom. The zero-order valence-corrected chi connectivity index (χ0v) is 12.6. The molecule has 1 heterocycles. The fourth-order valence-corrected chi connectivity index (χ4v) is 3.24. The summed E-state index contributed by atoms with van der Waals surface area (Å²) in [5.74, 6) is 0.338. The molecular weight excluding hydrogens is 274 g/mol.